The molecule has 0 saturated heterocycles. The summed E-state index contributed by atoms with van der Waals surface area (Å²) >= 11 is 7.27. The Morgan fingerprint density at radius 3 is 2.95 bits per heavy atom. The summed E-state index contributed by atoms with van der Waals surface area (Å²) in [6.45, 7) is 1.83. The lowest BCUT2D eigenvalue weighted by Gasteiger charge is -2.11. The molecule has 7 heteroatoms. The third-order valence-electron chi connectivity index (χ3n) is 3.03. The highest BCUT2D eigenvalue weighted by Crippen LogP contribution is 2.23. The van der Waals surface area contributed by atoms with Crippen molar-refractivity contribution in [2.75, 3.05) is 5.32 Å². The van der Waals surface area contributed by atoms with Crippen LogP contribution in [0.5, 0.6) is 0 Å². The normalized spacial score (nSPS) is 12.3. The number of amides is 1. The average molecular weight is 333 g/mol. The number of anilines is 1. The van der Waals surface area contributed by atoms with Crippen LogP contribution in [0.4, 0.5) is 5.69 Å². The molecule has 1 atom stereocenters. The minimum atomic E-state index is -0.313. The van der Waals surface area contributed by atoms with Gasteiger partial charge in [-0.3, -0.25) is 9.20 Å². The van der Waals surface area contributed by atoms with Crippen LogP contribution >= 0.6 is 23.4 Å². The van der Waals surface area contributed by atoms with Crippen LogP contribution in [0.1, 0.15) is 6.92 Å². The van der Waals surface area contributed by atoms with E-state index >= 15 is 0 Å². The van der Waals surface area contributed by atoms with Gasteiger partial charge in [-0.25, -0.2) is 0 Å². The van der Waals surface area contributed by atoms with Crippen LogP contribution in [-0.2, 0) is 4.79 Å². The number of nitrogens with zero attached hydrogens (tertiary/aromatic N) is 3. The summed E-state index contributed by atoms with van der Waals surface area (Å²) in [6, 6.07) is 12.7. The zero-order valence-electron chi connectivity index (χ0n) is 11.7. The van der Waals surface area contributed by atoms with E-state index in [1.807, 2.05) is 35.7 Å². The van der Waals surface area contributed by atoms with Gasteiger partial charge in [0.2, 0.25) is 5.91 Å². The Bertz CT molecular complexity index is 820. The topological polar surface area (TPSA) is 59.3 Å². The van der Waals surface area contributed by atoms with Crippen molar-refractivity contribution in [3.8, 4) is 0 Å². The van der Waals surface area contributed by atoms with Gasteiger partial charge in [-0.15, -0.1) is 10.2 Å². The molecule has 1 unspecified atom stereocenters. The molecule has 22 heavy (non-hydrogen) atoms. The molecule has 1 N–H and O–H groups in total. The van der Waals surface area contributed by atoms with Crippen molar-refractivity contribution in [1.29, 1.82) is 0 Å². The highest BCUT2D eigenvalue weighted by atomic mass is 35.5. The second-order valence-electron chi connectivity index (χ2n) is 4.67. The summed E-state index contributed by atoms with van der Waals surface area (Å²) in [5.41, 5.74) is 1.43. The maximum atomic E-state index is 12.3. The first-order valence-electron chi connectivity index (χ1n) is 6.66. The van der Waals surface area contributed by atoms with Crippen LogP contribution in [0.2, 0.25) is 5.02 Å². The summed E-state index contributed by atoms with van der Waals surface area (Å²) in [6.07, 6.45) is 1.87. The van der Waals surface area contributed by atoms with Gasteiger partial charge in [-0.2, -0.15) is 0 Å². The number of carbonyl (C=O) groups excluding carboxylic acids is 1. The zero-order chi connectivity index (χ0) is 15.5. The molecule has 2 heterocycles. The number of fused-ring (bicyclic) bond motifs is 1. The minimum Gasteiger partial charge on any atom is -0.325 e. The molecule has 1 amide bonds. The first kappa shape index (κ1) is 14.9. The highest BCUT2D eigenvalue weighted by Gasteiger charge is 2.18. The Hall–Kier alpha value is -2.05. The Morgan fingerprint density at radius 1 is 1.27 bits per heavy atom. The SMILES string of the molecule is CC(Sc1nnc2ccccn12)C(=O)Nc1cccc(Cl)c1. The van der Waals surface area contributed by atoms with Gasteiger partial charge in [0.25, 0.3) is 0 Å². The number of aromatic nitrogens is 3. The van der Waals surface area contributed by atoms with Crippen molar-refractivity contribution in [2.45, 2.75) is 17.3 Å². The second kappa shape index (κ2) is 6.37. The predicted octanol–water partition coefficient (Wildman–Crippen LogP) is 3.50. The van der Waals surface area contributed by atoms with Crippen LogP contribution in [0.15, 0.2) is 53.8 Å². The molecular formula is C15H13ClN4OS. The van der Waals surface area contributed by atoms with E-state index in [0.29, 0.717) is 15.9 Å². The van der Waals surface area contributed by atoms with Gasteiger partial charge >= 0.3 is 0 Å². The summed E-state index contributed by atoms with van der Waals surface area (Å²) in [5, 5.41) is 12.0. The van der Waals surface area contributed by atoms with Gasteiger partial charge in [-0.05, 0) is 37.3 Å². The molecule has 5 nitrogen and oxygen atoms in total. The van der Waals surface area contributed by atoms with Gasteiger partial charge in [-0.1, -0.05) is 35.5 Å². The fourth-order valence-electron chi connectivity index (χ4n) is 1.92. The molecule has 0 bridgehead atoms. The van der Waals surface area contributed by atoms with Crippen LogP contribution in [0, 0.1) is 0 Å². The van der Waals surface area contributed by atoms with Crippen LogP contribution in [0.25, 0.3) is 5.65 Å². The van der Waals surface area contributed by atoms with Crippen molar-refractivity contribution in [1.82, 2.24) is 14.6 Å². The zero-order valence-corrected chi connectivity index (χ0v) is 13.3. The number of hydrogen-bond acceptors (Lipinski definition) is 4. The predicted molar refractivity (Wildman–Crippen MR) is 88.4 cm³/mol. The molecule has 0 aliphatic rings. The third kappa shape index (κ3) is 3.23. The fraction of sp³-hybridized carbons (Fsp3) is 0.133. The second-order valence-corrected chi connectivity index (χ2v) is 6.42. The van der Waals surface area contributed by atoms with E-state index in [-0.39, 0.29) is 11.2 Å². The van der Waals surface area contributed by atoms with Crippen molar-refractivity contribution in [3.63, 3.8) is 0 Å². The quantitative estimate of drug-likeness (QED) is 0.743. The Labute approximate surface area is 136 Å². The first-order valence-corrected chi connectivity index (χ1v) is 7.92. The molecule has 3 rings (SSSR count). The summed E-state index contributed by atoms with van der Waals surface area (Å²) in [7, 11) is 0. The maximum absolute atomic E-state index is 12.3. The lowest BCUT2D eigenvalue weighted by atomic mass is 10.3. The highest BCUT2D eigenvalue weighted by molar-refractivity contribution is 8.00. The Kier molecular flexibility index (Phi) is 4.31. The van der Waals surface area contributed by atoms with E-state index < -0.39 is 0 Å². The van der Waals surface area contributed by atoms with Gasteiger partial charge in [0.15, 0.2) is 10.8 Å². The van der Waals surface area contributed by atoms with Gasteiger partial charge in [0.1, 0.15) is 0 Å². The van der Waals surface area contributed by atoms with Crippen molar-refractivity contribution in [3.05, 3.63) is 53.7 Å². The van der Waals surface area contributed by atoms with E-state index in [1.54, 1.807) is 24.3 Å². The van der Waals surface area contributed by atoms with Crippen LogP contribution < -0.4 is 5.32 Å². The van der Waals surface area contributed by atoms with E-state index in [0.717, 1.165) is 5.65 Å². The largest absolute Gasteiger partial charge is 0.325 e. The van der Waals surface area contributed by atoms with E-state index in [2.05, 4.69) is 15.5 Å². The monoisotopic (exact) mass is 332 g/mol. The van der Waals surface area contributed by atoms with Crippen LogP contribution in [-0.4, -0.2) is 25.8 Å². The molecule has 0 aliphatic carbocycles. The van der Waals surface area contributed by atoms with Crippen molar-refractivity contribution in [2.24, 2.45) is 0 Å². The molecule has 2 aromatic heterocycles. The number of carbonyl (C=O) groups is 1. The van der Waals surface area contributed by atoms with E-state index in [9.17, 15) is 4.79 Å². The average Bonchev–Trinajstić information content (AvgIpc) is 2.90. The van der Waals surface area contributed by atoms with E-state index in [1.165, 1.54) is 11.8 Å². The molecular weight excluding hydrogens is 320 g/mol. The van der Waals surface area contributed by atoms with Gasteiger partial charge < -0.3 is 5.32 Å². The molecule has 0 radical (unpaired) electrons. The molecule has 3 aromatic rings. The number of hydrogen-bond donors (Lipinski definition) is 1. The standard InChI is InChI=1S/C15H13ClN4OS/c1-10(14(21)17-12-6-4-5-11(16)9-12)22-15-19-18-13-7-2-3-8-20(13)15/h2-10H,1H3,(H,17,21). The molecule has 0 aliphatic heterocycles. The molecule has 0 fully saturated rings. The number of thioether (sulfide) groups is 1. The summed E-state index contributed by atoms with van der Waals surface area (Å²) in [4.78, 5) is 12.3. The van der Waals surface area contributed by atoms with Gasteiger partial charge in [0, 0.05) is 16.9 Å². The summed E-state index contributed by atoms with van der Waals surface area (Å²) in [5.74, 6) is -0.111. The Balaban J connectivity index is 1.71. The van der Waals surface area contributed by atoms with Gasteiger partial charge in [0.05, 0.1) is 5.25 Å². The van der Waals surface area contributed by atoms with Crippen molar-refractivity contribution < 1.29 is 4.79 Å². The smallest absolute Gasteiger partial charge is 0.237 e. The number of halogens is 1. The number of rotatable bonds is 4. The molecule has 1 aromatic carbocycles. The number of pyridine rings is 1. The van der Waals surface area contributed by atoms with E-state index in [4.69, 9.17) is 11.6 Å². The Morgan fingerprint density at radius 2 is 2.14 bits per heavy atom. The lowest BCUT2D eigenvalue weighted by Crippen LogP contribution is -2.22. The van der Waals surface area contributed by atoms with Crippen LogP contribution in [0.3, 0.4) is 0 Å². The first-order chi connectivity index (χ1) is 10.6. The molecule has 0 spiro atoms. The number of nitrogens with one attached hydrogen (secondary N) is 1. The number of benzene rings is 1. The minimum absolute atomic E-state index is 0.111. The molecule has 112 valence electrons. The fourth-order valence-corrected chi connectivity index (χ4v) is 2.95. The lowest BCUT2D eigenvalue weighted by molar-refractivity contribution is -0.115. The van der Waals surface area contributed by atoms with Crippen molar-refractivity contribution >= 4 is 40.6 Å². The summed E-state index contributed by atoms with van der Waals surface area (Å²) < 4.78 is 1.85. The molecule has 0 saturated carbocycles. The maximum Gasteiger partial charge on any atom is 0.237 e. The third-order valence-corrected chi connectivity index (χ3v) is 4.32.